The van der Waals surface area contributed by atoms with Gasteiger partial charge in [0.25, 0.3) is 5.91 Å². The van der Waals surface area contributed by atoms with Gasteiger partial charge >= 0.3 is 12.1 Å². The monoisotopic (exact) mass is 442 g/mol. The van der Waals surface area contributed by atoms with Crippen LogP contribution in [0, 0.1) is 0 Å². The molecule has 2 aliphatic carbocycles. The van der Waals surface area contributed by atoms with Gasteiger partial charge in [-0.25, -0.2) is 9.59 Å². The zero-order valence-corrected chi connectivity index (χ0v) is 17.7. The number of hydrogen-bond donors (Lipinski definition) is 3. The number of nitrogens with one attached hydrogen (secondary N) is 2. The molecule has 33 heavy (non-hydrogen) atoms. The molecule has 3 N–H and O–H groups in total. The van der Waals surface area contributed by atoms with Crippen molar-refractivity contribution in [3.05, 3.63) is 89.5 Å². The van der Waals surface area contributed by atoms with Crippen molar-refractivity contribution in [2.45, 2.75) is 24.3 Å². The summed E-state index contributed by atoms with van der Waals surface area (Å²) in [5.41, 5.74) is 3.71. The number of ether oxygens (including phenoxy) is 1. The Labute approximate surface area is 190 Å². The van der Waals surface area contributed by atoms with E-state index in [1.807, 2.05) is 36.4 Å². The first-order valence-corrected chi connectivity index (χ1v) is 10.8. The summed E-state index contributed by atoms with van der Waals surface area (Å²) in [5.74, 6) is -1.69. The number of carboxylic acid groups (broad SMARTS) is 1. The molecule has 7 heteroatoms. The van der Waals surface area contributed by atoms with Crippen molar-refractivity contribution in [2.75, 3.05) is 11.9 Å². The van der Waals surface area contributed by atoms with Crippen molar-refractivity contribution >= 4 is 23.7 Å². The van der Waals surface area contributed by atoms with E-state index in [0.717, 1.165) is 22.3 Å². The number of para-hydroxylation sites is 1. The third kappa shape index (κ3) is 3.82. The van der Waals surface area contributed by atoms with E-state index in [-0.39, 0.29) is 23.8 Å². The molecule has 166 valence electrons. The molecule has 0 heterocycles. The van der Waals surface area contributed by atoms with Crippen LogP contribution >= 0.6 is 0 Å². The molecule has 1 fully saturated rings. The van der Waals surface area contributed by atoms with Gasteiger partial charge in [0.1, 0.15) is 12.1 Å². The number of hydrogen-bond acceptors (Lipinski definition) is 4. The van der Waals surface area contributed by atoms with Crippen LogP contribution in [0.5, 0.6) is 0 Å². The number of aliphatic carboxylic acids is 1. The summed E-state index contributed by atoms with van der Waals surface area (Å²) in [5, 5.41) is 14.5. The molecule has 0 unspecified atom stereocenters. The van der Waals surface area contributed by atoms with Gasteiger partial charge in [0.05, 0.1) is 11.3 Å². The highest BCUT2D eigenvalue weighted by Gasteiger charge is 2.51. The molecule has 0 atom stereocenters. The zero-order valence-electron chi connectivity index (χ0n) is 17.7. The Kier molecular flexibility index (Phi) is 5.09. The van der Waals surface area contributed by atoms with E-state index >= 15 is 0 Å². The lowest BCUT2D eigenvalue weighted by atomic mass is 9.98. The third-order valence-electron chi connectivity index (χ3n) is 6.26. The Bertz CT molecular complexity index is 1220. The Morgan fingerprint density at radius 1 is 0.879 bits per heavy atom. The molecule has 0 saturated heterocycles. The van der Waals surface area contributed by atoms with Gasteiger partial charge in [0, 0.05) is 5.92 Å². The van der Waals surface area contributed by atoms with Crippen LogP contribution in [0.2, 0.25) is 0 Å². The number of carboxylic acids is 1. The van der Waals surface area contributed by atoms with Crippen LogP contribution in [0.3, 0.4) is 0 Å². The fourth-order valence-corrected chi connectivity index (χ4v) is 4.34. The molecule has 0 aliphatic heterocycles. The summed E-state index contributed by atoms with van der Waals surface area (Å²) < 4.78 is 5.55. The van der Waals surface area contributed by atoms with E-state index in [2.05, 4.69) is 22.8 Å². The third-order valence-corrected chi connectivity index (χ3v) is 6.26. The van der Waals surface area contributed by atoms with Crippen molar-refractivity contribution in [1.29, 1.82) is 0 Å². The summed E-state index contributed by atoms with van der Waals surface area (Å²) in [6, 6.07) is 22.6. The number of rotatable bonds is 6. The highest BCUT2D eigenvalue weighted by Crippen LogP contribution is 2.44. The first-order chi connectivity index (χ1) is 16.0. The van der Waals surface area contributed by atoms with Crippen LogP contribution in [0.25, 0.3) is 11.1 Å². The number of anilines is 1. The lowest BCUT2D eigenvalue weighted by Crippen LogP contribution is -2.43. The average Bonchev–Trinajstić information content (AvgIpc) is 3.54. The molecular weight excluding hydrogens is 420 g/mol. The maximum atomic E-state index is 12.7. The minimum absolute atomic E-state index is 0.0769. The predicted molar refractivity (Wildman–Crippen MR) is 122 cm³/mol. The van der Waals surface area contributed by atoms with Gasteiger partial charge in [0.15, 0.2) is 0 Å². The Hall–Kier alpha value is -4.13. The van der Waals surface area contributed by atoms with Crippen LogP contribution in [0.1, 0.15) is 40.2 Å². The van der Waals surface area contributed by atoms with Gasteiger partial charge in [0.2, 0.25) is 0 Å². The smallest absolute Gasteiger partial charge is 0.411 e. The Balaban J connectivity index is 1.28. The average molecular weight is 442 g/mol. The summed E-state index contributed by atoms with van der Waals surface area (Å²) in [4.78, 5) is 36.7. The first kappa shape index (κ1) is 20.8. The van der Waals surface area contributed by atoms with Gasteiger partial charge in [-0.1, -0.05) is 60.7 Å². The van der Waals surface area contributed by atoms with E-state index in [4.69, 9.17) is 4.74 Å². The van der Waals surface area contributed by atoms with Crippen LogP contribution in [0.4, 0.5) is 10.5 Å². The van der Waals surface area contributed by atoms with Crippen LogP contribution in [-0.4, -0.2) is 35.2 Å². The van der Waals surface area contributed by atoms with E-state index in [1.165, 1.54) is 6.07 Å². The second-order valence-corrected chi connectivity index (χ2v) is 8.34. The lowest BCUT2D eigenvalue weighted by Gasteiger charge is -2.17. The highest BCUT2D eigenvalue weighted by molar-refractivity contribution is 6.05. The molecule has 7 nitrogen and oxygen atoms in total. The second-order valence-electron chi connectivity index (χ2n) is 8.34. The number of benzene rings is 3. The van der Waals surface area contributed by atoms with E-state index in [9.17, 15) is 19.5 Å². The van der Waals surface area contributed by atoms with Gasteiger partial charge < -0.3 is 15.2 Å². The van der Waals surface area contributed by atoms with Gasteiger partial charge in [-0.2, -0.15) is 0 Å². The topological polar surface area (TPSA) is 105 Å². The summed E-state index contributed by atoms with van der Waals surface area (Å²) in [6.45, 7) is 0.149. The molecule has 0 aromatic heterocycles. The molecule has 2 aliphatic rings. The fourth-order valence-electron chi connectivity index (χ4n) is 4.34. The maximum Gasteiger partial charge on any atom is 0.411 e. The number of carbonyl (C=O) groups is 3. The van der Waals surface area contributed by atoms with Crippen LogP contribution in [0.15, 0.2) is 72.8 Å². The summed E-state index contributed by atoms with van der Waals surface area (Å²) >= 11 is 0. The van der Waals surface area contributed by atoms with E-state index in [0.29, 0.717) is 12.8 Å². The SMILES string of the molecule is O=C(Nc1ccccc1C(=O)NC1(C(=O)O)CC1)OCC1c2ccccc2-c2ccccc21. The number of fused-ring (bicyclic) bond motifs is 3. The van der Waals surface area contributed by atoms with Crippen molar-refractivity contribution in [3.8, 4) is 11.1 Å². The van der Waals surface area contributed by atoms with Crippen molar-refractivity contribution in [3.63, 3.8) is 0 Å². The van der Waals surface area contributed by atoms with E-state index in [1.54, 1.807) is 18.2 Å². The summed E-state index contributed by atoms with van der Waals surface area (Å²) in [7, 11) is 0. The van der Waals surface area contributed by atoms with Crippen molar-refractivity contribution in [1.82, 2.24) is 5.32 Å². The molecule has 0 radical (unpaired) electrons. The normalized spacial score (nSPS) is 15.2. The van der Waals surface area contributed by atoms with Gasteiger partial charge in [-0.3, -0.25) is 10.1 Å². The maximum absolute atomic E-state index is 12.7. The summed E-state index contributed by atoms with van der Waals surface area (Å²) in [6.07, 6.45) is 0.0861. The molecular formula is C26H22N2O5. The molecule has 0 bridgehead atoms. The quantitative estimate of drug-likeness (QED) is 0.525. The van der Waals surface area contributed by atoms with E-state index < -0.39 is 23.5 Å². The predicted octanol–water partition coefficient (Wildman–Crippen LogP) is 4.39. The highest BCUT2D eigenvalue weighted by atomic mass is 16.5. The molecule has 2 amide bonds. The van der Waals surface area contributed by atoms with Crippen molar-refractivity contribution in [2.24, 2.45) is 0 Å². The largest absolute Gasteiger partial charge is 0.480 e. The first-order valence-electron chi connectivity index (χ1n) is 10.8. The number of carbonyl (C=O) groups excluding carboxylic acids is 2. The van der Waals surface area contributed by atoms with Crippen LogP contribution < -0.4 is 10.6 Å². The van der Waals surface area contributed by atoms with Gasteiger partial charge in [-0.15, -0.1) is 0 Å². The molecule has 3 aromatic carbocycles. The van der Waals surface area contributed by atoms with Crippen LogP contribution in [-0.2, 0) is 9.53 Å². The van der Waals surface area contributed by atoms with Crippen molar-refractivity contribution < 1.29 is 24.2 Å². The zero-order chi connectivity index (χ0) is 23.0. The Morgan fingerprint density at radius 3 is 2.06 bits per heavy atom. The molecule has 0 spiro atoms. The Morgan fingerprint density at radius 2 is 1.45 bits per heavy atom. The molecule has 3 aromatic rings. The minimum Gasteiger partial charge on any atom is -0.480 e. The lowest BCUT2D eigenvalue weighted by molar-refractivity contribution is -0.140. The number of amides is 2. The molecule has 5 rings (SSSR count). The second kappa shape index (κ2) is 8.09. The molecule has 1 saturated carbocycles. The van der Waals surface area contributed by atoms with Gasteiger partial charge in [-0.05, 0) is 47.2 Å². The minimum atomic E-state index is -1.21. The fraction of sp³-hybridized carbons (Fsp3) is 0.192. The standard InChI is InChI=1S/C26H22N2O5/c29-23(28-26(13-14-26)24(30)31)20-11-5-6-12-22(20)27-25(32)33-15-21-18-9-3-1-7-16(18)17-8-2-4-10-19(17)21/h1-12,21H,13-15H2,(H,27,32)(H,28,29)(H,30,31).